The van der Waals surface area contributed by atoms with Crippen molar-refractivity contribution in [3.05, 3.63) is 35.9 Å². The molecule has 0 fully saturated rings. The van der Waals surface area contributed by atoms with Crippen molar-refractivity contribution in [3.8, 4) is 0 Å². The quantitative estimate of drug-likeness (QED) is 0.378. The number of esters is 1. The van der Waals surface area contributed by atoms with Crippen LogP contribution in [0, 0.1) is 0 Å². The van der Waals surface area contributed by atoms with Crippen molar-refractivity contribution in [3.63, 3.8) is 0 Å². The van der Waals surface area contributed by atoms with Crippen LogP contribution in [0.1, 0.15) is 18.9 Å². The Morgan fingerprint density at radius 2 is 2.00 bits per heavy atom. The van der Waals surface area contributed by atoms with Crippen LogP contribution < -0.4 is 5.32 Å². The van der Waals surface area contributed by atoms with Crippen molar-refractivity contribution in [2.45, 2.75) is 30.1 Å². The predicted molar refractivity (Wildman–Crippen MR) is 81.3 cm³/mol. The molecule has 116 valence electrons. The summed E-state index contributed by atoms with van der Waals surface area (Å²) in [6.45, 7) is 3.33. The number of carboxylic acid groups (broad SMARTS) is 1. The van der Waals surface area contributed by atoms with Gasteiger partial charge in [0.05, 0.1) is 0 Å². The molecule has 6 heteroatoms. The van der Waals surface area contributed by atoms with E-state index in [2.05, 4.69) is 5.32 Å². The van der Waals surface area contributed by atoms with Gasteiger partial charge in [0.1, 0.15) is 0 Å². The van der Waals surface area contributed by atoms with Crippen molar-refractivity contribution in [1.29, 1.82) is 0 Å². The molecule has 0 bridgehead atoms. The second-order valence-corrected chi connectivity index (χ2v) is 7.54. The van der Waals surface area contributed by atoms with Crippen LogP contribution in [-0.4, -0.2) is 45.1 Å². The van der Waals surface area contributed by atoms with Gasteiger partial charge in [0.2, 0.25) is 0 Å². The normalized spacial score (nSPS) is 11.9. The Morgan fingerprint density at radius 3 is 2.67 bits per heavy atom. The van der Waals surface area contributed by atoms with Crippen molar-refractivity contribution >= 4 is 26.9 Å². The van der Waals surface area contributed by atoms with E-state index >= 15 is 0 Å². The van der Waals surface area contributed by atoms with Gasteiger partial charge in [-0.1, -0.05) is 0 Å². The molecule has 0 aromatic heterocycles. The van der Waals surface area contributed by atoms with Crippen molar-refractivity contribution in [2.24, 2.45) is 0 Å². The molecule has 0 aliphatic rings. The zero-order valence-corrected chi connectivity index (χ0v) is 13.8. The van der Waals surface area contributed by atoms with E-state index in [1.807, 2.05) is 30.3 Å². The fourth-order valence-corrected chi connectivity index (χ4v) is 3.10. The number of aliphatic carboxylic acids is 1. The zero-order valence-electron chi connectivity index (χ0n) is 12.1. The average molecular weight is 358 g/mol. The molecular weight excluding hydrogens is 337 g/mol. The van der Waals surface area contributed by atoms with Gasteiger partial charge in [-0.25, -0.2) is 0 Å². The number of benzene rings is 1. The Morgan fingerprint density at radius 1 is 1.29 bits per heavy atom. The number of carbonyl (C=O) groups excluding carboxylic acids is 1. The fourth-order valence-electron chi connectivity index (χ4n) is 1.50. The third-order valence-electron chi connectivity index (χ3n) is 2.74. The van der Waals surface area contributed by atoms with Crippen molar-refractivity contribution in [1.82, 2.24) is 5.32 Å². The first kappa shape index (κ1) is 17.7. The Kier molecular flexibility index (Phi) is 8.74. The molecular formula is C15H21NO4Se. The van der Waals surface area contributed by atoms with Crippen molar-refractivity contribution < 1.29 is 19.4 Å². The molecule has 0 aliphatic carbocycles. The van der Waals surface area contributed by atoms with Gasteiger partial charge in [-0.15, -0.1) is 0 Å². The van der Waals surface area contributed by atoms with E-state index < -0.39 is 5.97 Å². The number of hydrogen-bond donors (Lipinski definition) is 2. The standard InChI is InChI=1S/C15H21NO4Se/c1-12(15(18)19)21-10-9-16-8-7-14(17)20-11-13-5-3-2-4-6-13/h2-6,12,16H,7-11H2,1H3,(H,18,19). The molecule has 1 aromatic rings. The van der Waals surface area contributed by atoms with Crippen LogP contribution in [0.4, 0.5) is 0 Å². The van der Waals surface area contributed by atoms with E-state index in [4.69, 9.17) is 9.84 Å². The van der Waals surface area contributed by atoms with E-state index in [0.29, 0.717) is 19.6 Å². The summed E-state index contributed by atoms with van der Waals surface area (Å²) in [5.41, 5.74) is 0.976. The Bertz CT molecular complexity index is 439. The summed E-state index contributed by atoms with van der Waals surface area (Å²) in [7, 11) is 0. The van der Waals surface area contributed by atoms with Gasteiger partial charge in [-0.05, 0) is 0 Å². The van der Waals surface area contributed by atoms with Gasteiger partial charge in [0, 0.05) is 0 Å². The molecule has 21 heavy (non-hydrogen) atoms. The second-order valence-electron chi connectivity index (χ2n) is 4.50. The van der Waals surface area contributed by atoms with Gasteiger partial charge in [0.25, 0.3) is 0 Å². The van der Waals surface area contributed by atoms with Gasteiger partial charge in [0.15, 0.2) is 0 Å². The van der Waals surface area contributed by atoms with E-state index in [-0.39, 0.29) is 25.7 Å². The van der Waals surface area contributed by atoms with E-state index in [1.165, 1.54) is 0 Å². The summed E-state index contributed by atoms with van der Waals surface area (Å²) in [5.74, 6) is -0.963. The van der Waals surface area contributed by atoms with Crippen molar-refractivity contribution in [2.75, 3.05) is 13.1 Å². The topological polar surface area (TPSA) is 75.6 Å². The summed E-state index contributed by atoms with van der Waals surface area (Å²) >= 11 is 0.0899. The number of ether oxygens (including phenoxy) is 1. The molecule has 5 nitrogen and oxygen atoms in total. The molecule has 1 rings (SSSR count). The van der Waals surface area contributed by atoms with Gasteiger partial charge >= 0.3 is 131 Å². The van der Waals surface area contributed by atoms with Gasteiger partial charge in [-0.2, -0.15) is 0 Å². The predicted octanol–water partition coefficient (Wildman–Crippen LogP) is 1.72. The summed E-state index contributed by atoms with van der Waals surface area (Å²) < 4.78 is 5.15. The maximum absolute atomic E-state index is 11.5. The molecule has 1 atom stereocenters. The number of nitrogens with one attached hydrogen (secondary N) is 1. The molecule has 0 heterocycles. The average Bonchev–Trinajstić information content (AvgIpc) is 2.49. The molecule has 0 aliphatic heterocycles. The van der Waals surface area contributed by atoms with Crippen LogP contribution in [-0.2, 0) is 20.9 Å². The summed E-state index contributed by atoms with van der Waals surface area (Å²) in [6, 6.07) is 9.56. The number of carboxylic acids is 1. The minimum absolute atomic E-state index is 0.0899. The number of rotatable bonds is 10. The first-order valence-electron chi connectivity index (χ1n) is 6.84. The monoisotopic (exact) mass is 359 g/mol. The number of hydrogen-bond acceptors (Lipinski definition) is 4. The molecule has 0 amide bonds. The van der Waals surface area contributed by atoms with Crippen LogP contribution >= 0.6 is 0 Å². The van der Waals surface area contributed by atoms with Gasteiger partial charge in [-0.3, -0.25) is 0 Å². The Balaban J connectivity index is 2.00. The number of carbonyl (C=O) groups is 2. The zero-order chi connectivity index (χ0) is 15.5. The maximum atomic E-state index is 11.5. The third-order valence-corrected chi connectivity index (χ3v) is 5.14. The Labute approximate surface area is 131 Å². The van der Waals surface area contributed by atoms with Gasteiger partial charge < -0.3 is 0 Å². The molecule has 0 saturated heterocycles. The van der Waals surface area contributed by atoms with Crippen LogP contribution in [0.25, 0.3) is 0 Å². The van der Waals surface area contributed by atoms with Crippen LogP contribution in [0.5, 0.6) is 0 Å². The Hall–Kier alpha value is -1.36. The molecule has 0 spiro atoms. The van der Waals surface area contributed by atoms with Crippen LogP contribution in [0.2, 0.25) is 10.1 Å². The fraction of sp³-hybridized carbons (Fsp3) is 0.467. The molecule has 0 saturated carbocycles. The van der Waals surface area contributed by atoms with Crippen LogP contribution in [0.15, 0.2) is 30.3 Å². The van der Waals surface area contributed by atoms with E-state index in [1.54, 1.807) is 6.92 Å². The van der Waals surface area contributed by atoms with E-state index in [0.717, 1.165) is 17.4 Å². The molecule has 1 aromatic carbocycles. The summed E-state index contributed by atoms with van der Waals surface area (Å²) in [6.07, 6.45) is 0.328. The third kappa shape index (κ3) is 8.50. The summed E-state index contributed by atoms with van der Waals surface area (Å²) in [5, 5.41) is 12.7. The SMILES string of the molecule is CC([Se]CCNCCC(=O)OCc1ccccc1)C(=O)O. The first-order valence-corrected chi connectivity index (χ1v) is 9.04. The molecule has 1 unspecified atom stereocenters. The minimum atomic E-state index is -0.737. The molecule has 2 N–H and O–H groups in total. The van der Waals surface area contributed by atoms with E-state index in [9.17, 15) is 9.59 Å². The first-order chi connectivity index (χ1) is 10.1. The molecule has 0 radical (unpaired) electrons. The summed E-state index contributed by atoms with van der Waals surface area (Å²) in [4.78, 5) is 21.9. The second kappa shape index (κ2) is 10.4. The van der Waals surface area contributed by atoms with Crippen LogP contribution in [0.3, 0.4) is 0 Å².